The number of ether oxygens (including phenoxy) is 1. The van der Waals surface area contributed by atoms with Crippen LogP contribution in [0.1, 0.15) is 19.4 Å². The van der Waals surface area contributed by atoms with Gasteiger partial charge in [-0.1, -0.05) is 15.9 Å². The van der Waals surface area contributed by atoms with Crippen LogP contribution in [-0.2, 0) is 20.7 Å². The van der Waals surface area contributed by atoms with E-state index in [1.165, 1.54) is 14.1 Å². The standard InChI is InChI=1S/C19H22BrN3O4/c1-10-9-23-14-6-5-13(20)7-12(14)8-19(15(23)11(2)27-10)16(24)21(3)18(26)22(4)17(19)25/h5-7,10-11,15H,8-9H2,1-4H3/t10-,11+,15?/m1/s1. The lowest BCUT2D eigenvalue weighted by molar-refractivity contribution is -0.166. The number of barbiturate groups is 1. The highest BCUT2D eigenvalue weighted by Gasteiger charge is 2.65. The molecule has 4 amide bonds. The normalized spacial score (nSPS) is 29.9. The van der Waals surface area contributed by atoms with E-state index in [1.54, 1.807) is 0 Å². The van der Waals surface area contributed by atoms with Crippen molar-refractivity contribution >= 4 is 39.5 Å². The summed E-state index contributed by atoms with van der Waals surface area (Å²) < 4.78 is 6.93. The number of halogens is 1. The summed E-state index contributed by atoms with van der Waals surface area (Å²) in [6, 6.07) is 4.86. The lowest BCUT2D eigenvalue weighted by Crippen LogP contribution is -2.75. The van der Waals surface area contributed by atoms with Crippen LogP contribution in [0.25, 0.3) is 0 Å². The van der Waals surface area contributed by atoms with E-state index in [9.17, 15) is 14.4 Å². The maximum absolute atomic E-state index is 13.4. The van der Waals surface area contributed by atoms with Crippen LogP contribution in [0.2, 0.25) is 0 Å². The first-order chi connectivity index (χ1) is 12.7. The lowest BCUT2D eigenvalue weighted by Gasteiger charge is -2.57. The van der Waals surface area contributed by atoms with Gasteiger partial charge in [0, 0.05) is 30.8 Å². The number of anilines is 1. The number of urea groups is 1. The van der Waals surface area contributed by atoms with Crippen molar-refractivity contribution in [2.45, 2.75) is 38.5 Å². The molecule has 1 unspecified atom stereocenters. The summed E-state index contributed by atoms with van der Waals surface area (Å²) in [6.45, 7) is 4.46. The van der Waals surface area contributed by atoms with Gasteiger partial charge in [0.25, 0.3) is 0 Å². The van der Waals surface area contributed by atoms with Gasteiger partial charge in [-0.05, 0) is 44.0 Å². The Morgan fingerprint density at radius 1 is 1.11 bits per heavy atom. The van der Waals surface area contributed by atoms with Crippen molar-refractivity contribution in [3.05, 3.63) is 28.2 Å². The molecule has 0 radical (unpaired) electrons. The van der Waals surface area contributed by atoms with Gasteiger partial charge < -0.3 is 9.64 Å². The molecule has 3 heterocycles. The molecule has 0 saturated carbocycles. The highest BCUT2D eigenvalue weighted by Crippen LogP contribution is 2.49. The fourth-order valence-corrected chi connectivity index (χ4v) is 5.33. The first-order valence-corrected chi connectivity index (χ1v) is 9.78. The summed E-state index contributed by atoms with van der Waals surface area (Å²) in [5, 5.41) is 0. The van der Waals surface area contributed by atoms with Gasteiger partial charge in [-0.25, -0.2) is 4.79 Å². The predicted octanol–water partition coefficient (Wildman–Crippen LogP) is 2.02. The van der Waals surface area contributed by atoms with Crippen molar-refractivity contribution in [2.24, 2.45) is 5.41 Å². The molecule has 144 valence electrons. The number of fused-ring (bicyclic) bond motifs is 4. The monoisotopic (exact) mass is 435 g/mol. The molecule has 1 aromatic carbocycles. The second-order valence-corrected chi connectivity index (χ2v) is 8.60. The molecule has 0 aromatic heterocycles. The molecular weight excluding hydrogens is 414 g/mol. The summed E-state index contributed by atoms with van der Waals surface area (Å²) in [5.74, 6) is -0.914. The van der Waals surface area contributed by atoms with Gasteiger partial charge in [0.05, 0.1) is 18.2 Å². The summed E-state index contributed by atoms with van der Waals surface area (Å²) in [5.41, 5.74) is 0.545. The molecule has 1 spiro atoms. The molecule has 2 fully saturated rings. The molecule has 4 rings (SSSR count). The summed E-state index contributed by atoms with van der Waals surface area (Å²) >= 11 is 3.49. The highest BCUT2D eigenvalue weighted by molar-refractivity contribution is 9.10. The number of carbonyl (C=O) groups excluding carboxylic acids is 3. The Morgan fingerprint density at radius 3 is 2.37 bits per heavy atom. The van der Waals surface area contributed by atoms with E-state index in [-0.39, 0.29) is 18.6 Å². The van der Waals surface area contributed by atoms with Gasteiger partial charge in [-0.3, -0.25) is 19.4 Å². The van der Waals surface area contributed by atoms with E-state index in [4.69, 9.17) is 4.74 Å². The first-order valence-electron chi connectivity index (χ1n) is 8.99. The Bertz CT molecular complexity index is 833. The molecule has 27 heavy (non-hydrogen) atoms. The summed E-state index contributed by atoms with van der Waals surface area (Å²) in [4.78, 5) is 43.4. The Balaban J connectivity index is 1.96. The molecule has 1 aromatic rings. The Morgan fingerprint density at radius 2 is 1.74 bits per heavy atom. The zero-order valence-electron chi connectivity index (χ0n) is 15.7. The van der Waals surface area contributed by atoms with Crippen LogP contribution in [0.15, 0.2) is 22.7 Å². The zero-order valence-corrected chi connectivity index (χ0v) is 17.3. The van der Waals surface area contributed by atoms with Crippen LogP contribution >= 0.6 is 15.9 Å². The maximum atomic E-state index is 13.4. The third kappa shape index (κ3) is 2.39. The van der Waals surface area contributed by atoms with Crippen molar-refractivity contribution in [1.82, 2.24) is 9.80 Å². The third-order valence-electron chi connectivity index (χ3n) is 5.95. The number of rotatable bonds is 0. The molecule has 0 bridgehead atoms. The zero-order chi connectivity index (χ0) is 19.7. The topological polar surface area (TPSA) is 70.2 Å². The average molecular weight is 436 g/mol. The van der Waals surface area contributed by atoms with Gasteiger partial charge in [0.2, 0.25) is 11.8 Å². The van der Waals surface area contributed by atoms with Crippen LogP contribution in [0.5, 0.6) is 0 Å². The quantitative estimate of drug-likeness (QED) is 0.583. The average Bonchev–Trinajstić information content (AvgIpc) is 2.62. The number of benzene rings is 1. The van der Waals surface area contributed by atoms with Crippen molar-refractivity contribution in [3.8, 4) is 0 Å². The minimum atomic E-state index is -1.38. The molecule has 0 N–H and O–H groups in total. The van der Waals surface area contributed by atoms with Crippen LogP contribution in [0, 0.1) is 5.41 Å². The third-order valence-corrected chi connectivity index (χ3v) is 6.45. The van der Waals surface area contributed by atoms with E-state index in [0.717, 1.165) is 25.5 Å². The molecule has 0 aliphatic carbocycles. The van der Waals surface area contributed by atoms with Gasteiger partial charge >= 0.3 is 6.03 Å². The number of hydrogen-bond acceptors (Lipinski definition) is 5. The second-order valence-electron chi connectivity index (χ2n) is 7.68. The fourth-order valence-electron chi connectivity index (χ4n) is 4.92. The van der Waals surface area contributed by atoms with Crippen LogP contribution < -0.4 is 4.90 Å². The molecule has 2 saturated heterocycles. The minimum absolute atomic E-state index is 0.0335. The Labute approximate surface area is 166 Å². The van der Waals surface area contributed by atoms with E-state index in [2.05, 4.69) is 20.8 Å². The van der Waals surface area contributed by atoms with Crippen molar-refractivity contribution in [2.75, 3.05) is 25.5 Å². The number of carbonyl (C=O) groups is 3. The number of nitrogens with zero attached hydrogens (tertiary/aromatic N) is 3. The molecule has 3 aliphatic heterocycles. The minimum Gasteiger partial charge on any atom is -0.372 e. The molecule has 3 atom stereocenters. The highest BCUT2D eigenvalue weighted by atomic mass is 79.9. The van der Waals surface area contributed by atoms with Crippen LogP contribution in [0.3, 0.4) is 0 Å². The van der Waals surface area contributed by atoms with E-state index < -0.39 is 29.3 Å². The number of morpholine rings is 1. The van der Waals surface area contributed by atoms with Gasteiger partial charge in [-0.2, -0.15) is 0 Å². The van der Waals surface area contributed by atoms with Gasteiger partial charge in [0.1, 0.15) is 0 Å². The van der Waals surface area contributed by atoms with E-state index >= 15 is 0 Å². The van der Waals surface area contributed by atoms with Crippen molar-refractivity contribution < 1.29 is 19.1 Å². The van der Waals surface area contributed by atoms with Crippen LogP contribution in [-0.4, -0.2) is 66.5 Å². The molecule has 7 nitrogen and oxygen atoms in total. The second kappa shape index (κ2) is 6.04. The molecule has 8 heteroatoms. The van der Waals surface area contributed by atoms with Crippen molar-refractivity contribution in [1.29, 1.82) is 0 Å². The lowest BCUT2D eigenvalue weighted by atomic mass is 9.66. The predicted molar refractivity (Wildman–Crippen MR) is 102 cm³/mol. The van der Waals surface area contributed by atoms with E-state index in [0.29, 0.717) is 6.54 Å². The van der Waals surface area contributed by atoms with Crippen LogP contribution in [0.4, 0.5) is 10.5 Å². The van der Waals surface area contributed by atoms with Crippen molar-refractivity contribution in [3.63, 3.8) is 0 Å². The number of amides is 4. The number of imide groups is 2. The fraction of sp³-hybridized carbons (Fsp3) is 0.526. The van der Waals surface area contributed by atoms with Gasteiger partial charge in [0.15, 0.2) is 5.41 Å². The largest absolute Gasteiger partial charge is 0.372 e. The SMILES string of the molecule is C[C@@H]1CN2c3ccc(Br)cc3CC3(C(=O)N(C)C(=O)N(C)C3=O)C2[C@H](C)O1. The van der Waals surface area contributed by atoms with E-state index in [1.807, 2.05) is 32.0 Å². The maximum Gasteiger partial charge on any atom is 0.332 e. The summed E-state index contributed by atoms with van der Waals surface area (Å²) in [7, 11) is 2.88. The summed E-state index contributed by atoms with van der Waals surface area (Å²) in [6.07, 6.45) is -0.132. The first kappa shape index (κ1) is 18.4. The molecule has 3 aliphatic rings. The smallest absolute Gasteiger partial charge is 0.332 e. The Hall–Kier alpha value is -1.93. The Kier molecular flexibility index (Phi) is 4.12. The van der Waals surface area contributed by atoms with Gasteiger partial charge in [-0.15, -0.1) is 0 Å². The number of hydrogen-bond donors (Lipinski definition) is 0. The molecular formula is C19H22BrN3O4.